The van der Waals surface area contributed by atoms with Crippen molar-refractivity contribution in [1.29, 1.82) is 0 Å². The smallest absolute Gasteiger partial charge is 0.339 e. The van der Waals surface area contributed by atoms with Crippen LogP contribution >= 0.6 is 24.2 Å². The summed E-state index contributed by atoms with van der Waals surface area (Å²) in [6, 6.07) is 4.97. The molecule has 0 spiro atoms. The van der Waals surface area contributed by atoms with E-state index >= 15 is 0 Å². The van der Waals surface area contributed by atoms with E-state index in [2.05, 4.69) is 12.6 Å². The first-order valence-corrected chi connectivity index (χ1v) is 5.49. The summed E-state index contributed by atoms with van der Waals surface area (Å²) in [6.45, 7) is 4.35. The van der Waals surface area contributed by atoms with E-state index in [0.717, 1.165) is 0 Å². The monoisotopic (exact) mass is 244 g/mol. The molecular weight excluding hydrogens is 232 g/mol. The molecule has 0 aromatic heterocycles. The van der Waals surface area contributed by atoms with E-state index in [1.807, 2.05) is 13.8 Å². The van der Waals surface area contributed by atoms with E-state index in [1.54, 1.807) is 18.2 Å². The predicted molar refractivity (Wildman–Crippen MR) is 63.8 cm³/mol. The second kappa shape index (κ2) is 5.42. The third-order valence-corrected chi connectivity index (χ3v) is 2.33. The van der Waals surface area contributed by atoms with Crippen molar-refractivity contribution >= 4 is 30.2 Å². The number of carbonyl (C=O) groups is 1. The first-order valence-electron chi connectivity index (χ1n) is 4.66. The molecular formula is C11H13ClO2S. The van der Waals surface area contributed by atoms with E-state index in [0.29, 0.717) is 28.0 Å². The number of rotatable bonds is 3. The Balaban J connectivity index is 2.77. The molecule has 1 aromatic carbocycles. The zero-order valence-corrected chi connectivity index (χ0v) is 10.3. The summed E-state index contributed by atoms with van der Waals surface area (Å²) in [4.78, 5) is 12.3. The Morgan fingerprint density at radius 3 is 2.80 bits per heavy atom. The normalized spacial score (nSPS) is 10.5. The minimum absolute atomic E-state index is 0.312. The topological polar surface area (TPSA) is 26.3 Å². The first kappa shape index (κ1) is 12.4. The van der Waals surface area contributed by atoms with Crippen molar-refractivity contribution < 1.29 is 9.53 Å². The number of thiol groups is 1. The molecule has 0 aliphatic rings. The van der Waals surface area contributed by atoms with Crippen LogP contribution in [0.5, 0.6) is 0 Å². The quantitative estimate of drug-likeness (QED) is 0.651. The van der Waals surface area contributed by atoms with Gasteiger partial charge in [0.15, 0.2) is 0 Å². The van der Waals surface area contributed by atoms with Gasteiger partial charge in [-0.3, -0.25) is 0 Å². The second-order valence-corrected chi connectivity index (χ2v) is 4.58. The van der Waals surface area contributed by atoms with Gasteiger partial charge in [-0.2, -0.15) is 0 Å². The molecule has 2 nitrogen and oxygen atoms in total. The molecule has 0 radical (unpaired) electrons. The van der Waals surface area contributed by atoms with E-state index in [1.165, 1.54) is 0 Å². The molecule has 0 aliphatic carbocycles. The Morgan fingerprint density at radius 2 is 2.20 bits per heavy atom. The fraction of sp³-hybridized carbons (Fsp3) is 0.364. The number of benzene rings is 1. The van der Waals surface area contributed by atoms with Gasteiger partial charge in [0.05, 0.1) is 17.2 Å². The Labute approximate surface area is 100.0 Å². The van der Waals surface area contributed by atoms with Crippen molar-refractivity contribution in [1.82, 2.24) is 0 Å². The summed E-state index contributed by atoms with van der Waals surface area (Å²) in [5.41, 5.74) is 0.366. The first-order chi connectivity index (χ1) is 7.00. The Morgan fingerprint density at radius 1 is 1.53 bits per heavy atom. The lowest BCUT2D eigenvalue weighted by Crippen LogP contribution is -2.10. The summed E-state index contributed by atoms with van der Waals surface area (Å²) >= 11 is 10.0. The molecule has 0 saturated carbocycles. The molecule has 1 aromatic rings. The van der Waals surface area contributed by atoms with Crippen molar-refractivity contribution in [3.05, 3.63) is 28.8 Å². The van der Waals surface area contributed by atoms with Gasteiger partial charge in [0, 0.05) is 4.90 Å². The van der Waals surface area contributed by atoms with Crippen molar-refractivity contribution in [2.24, 2.45) is 5.92 Å². The van der Waals surface area contributed by atoms with Crippen molar-refractivity contribution in [2.75, 3.05) is 6.61 Å². The van der Waals surface area contributed by atoms with Crippen LogP contribution in [0.4, 0.5) is 0 Å². The number of esters is 1. The van der Waals surface area contributed by atoms with Crippen LogP contribution in [-0.4, -0.2) is 12.6 Å². The van der Waals surface area contributed by atoms with Gasteiger partial charge in [-0.15, -0.1) is 12.6 Å². The molecule has 82 valence electrons. The maximum Gasteiger partial charge on any atom is 0.339 e. The SMILES string of the molecule is CC(C)COC(=O)c1cc(S)ccc1Cl. The van der Waals surface area contributed by atoms with Gasteiger partial charge >= 0.3 is 5.97 Å². The molecule has 0 amide bonds. The highest BCUT2D eigenvalue weighted by Gasteiger charge is 2.12. The molecule has 4 heteroatoms. The lowest BCUT2D eigenvalue weighted by atomic mass is 10.2. The molecule has 0 N–H and O–H groups in total. The summed E-state index contributed by atoms with van der Waals surface area (Å²) in [6.07, 6.45) is 0. The highest BCUT2D eigenvalue weighted by molar-refractivity contribution is 7.80. The molecule has 15 heavy (non-hydrogen) atoms. The van der Waals surface area contributed by atoms with E-state index in [-0.39, 0.29) is 0 Å². The van der Waals surface area contributed by atoms with Crippen molar-refractivity contribution in [3.63, 3.8) is 0 Å². The van der Waals surface area contributed by atoms with Gasteiger partial charge in [-0.25, -0.2) is 4.79 Å². The number of hydrogen-bond donors (Lipinski definition) is 1. The van der Waals surface area contributed by atoms with Crippen LogP contribution in [0.25, 0.3) is 0 Å². The Kier molecular flexibility index (Phi) is 4.48. The Bertz CT molecular complexity index is 364. The molecule has 0 heterocycles. The average molecular weight is 245 g/mol. The lowest BCUT2D eigenvalue weighted by Gasteiger charge is -2.08. The van der Waals surface area contributed by atoms with E-state index in [9.17, 15) is 4.79 Å². The van der Waals surface area contributed by atoms with Gasteiger partial charge in [-0.05, 0) is 24.1 Å². The number of hydrogen-bond acceptors (Lipinski definition) is 3. The summed E-state index contributed by atoms with van der Waals surface area (Å²) in [7, 11) is 0. The predicted octanol–water partition coefficient (Wildman–Crippen LogP) is 3.44. The van der Waals surface area contributed by atoms with Gasteiger partial charge in [0.25, 0.3) is 0 Å². The zero-order valence-electron chi connectivity index (χ0n) is 8.66. The van der Waals surface area contributed by atoms with Crippen LogP contribution in [0.2, 0.25) is 5.02 Å². The van der Waals surface area contributed by atoms with Crippen LogP contribution in [0.1, 0.15) is 24.2 Å². The maximum absolute atomic E-state index is 11.6. The van der Waals surface area contributed by atoms with Crippen LogP contribution in [0.3, 0.4) is 0 Å². The average Bonchev–Trinajstić information content (AvgIpc) is 2.18. The van der Waals surface area contributed by atoms with Gasteiger partial charge in [0.1, 0.15) is 0 Å². The summed E-state index contributed by atoms with van der Waals surface area (Å²) in [5.74, 6) is -0.0866. The van der Waals surface area contributed by atoms with Gasteiger partial charge in [0.2, 0.25) is 0 Å². The summed E-state index contributed by atoms with van der Waals surface area (Å²) in [5, 5.41) is 0.390. The highest BCUT2D eigenvalue weighted by atomic mass is 35.5. The molecule has 0 saturated heterocycles. The number of ether oxygens (including phenoxy) is 1. The molecule has 0 fully saturated rings. The largest absolute Gasteiger partial charge is 0.462 e. The minimum Gasteiger partial charge on any atom is -0.462 e. The van der Waals surface area contributed by atoms with Crippen LogP contribution in [0.15, 0.2) is 23.1 Å². The summed E-state index contributed by atoms with van der Waals surface area (Å²) < 4.78 is 5.07. The fourth-order valence-corrected chi connectivity index (χ4v) is 1.39. The molecule has 1 rings (SSSR count). The second-order valence-electron chi connectivity index (χ2n) is 3.66. The van der Waals surface area contributed by atoms with Crippen LogP contribution < -0.4 is 0 Å². The number of halogens is 1. The van der Waals surface area contributed by atoms with Crippen molar-refractivity contribution in [2.45, 2.75) is 18.7 Å². The van der Waals surface area contributed by atoms with E-state index < -0.39 is 5.97 Å². The van der Waals surface area contributed by atoms with Gasteiger partial charge in [-0.1, -0.05) is 25.4 Å². The minimum atomic E-state index is -0.399. The maximum atomic E-state index is 11.6. The van der Waals surface area contributed by atoms with Crippen LogP contribution in [0, 0.1) is 5.92 Å². The molecule has 0 atom stereocenters. The third kappa shape index (κ3) is 3.76. The van der Waals surface area contributed by atoms with Crippen LogP contribution in [-0.2, 0) is 4.74 Å². The van der Waals surface area contributed by atoms with E-state index in [4.69, 9.17) is 16.3 Å². The lowest BCUT2D eigenvalue weighted by molar-refractivity contribution is 0.0459. The highest BCUT2D eigenvalue weighted by Crippen LogP contribution is 2.20. The fourth-order valence-electron chi connectivity index (χ4n) is 0.990. The Hall–Kier alpha value is -0.670. The zero-order chi connectivity index (χ0) is 11.4. The van der Waals surface area contributed by atoms with Crippen molar-refractivity contribution in [3.8, 4) is 0 Å². The third-order valence-electron chi connectivity index (χ3n) is 1.72. The number of carbonyl (C=O) groups excluding carboxylic acids is 1. The molecule has 0 bridgehead atoms. The van der Waals surface area contributed by atoms with Gasteiger partial charge < -0.3 is 4.74 Å². The molecule has 0 unspecified atom stereocenters. The standard InChI is InChI=1S/C11H13ClO2S/c1-7(2)6-14-11(13)9-5-8(15)3-4-10(9)12/h3-5,7,15H,6H2,1-2H3. The molecule has 0 aliphatic heterocycles.